The summed E-state index contributed by atoms with van der Waals surface area (Å²) in [5.41, 5.74) is -0.253. The first-order valence-corrected chi connectivity index (χ1v) is 12.2. The first-order chi connectivity index (χ1) is 17.1. The standard InChI is InChI=1S/C28H31F3N2O3/c1-19(34)36-23-13-8-12-21(16-23)27-14-7-6-11-22(27)18-33(2)25(17-27)32-26(35)24(28(29,30)31)15-20-9-4-3-5-10-20/h3-5,8-10,12-13,15-16,22,25H,6-7,11,14,17-18H2,1-2H3,(H,32,35)/t22?,25-,27-/m0/s1. The third-order valence-electron chi connectivity index (χ3n) is 7.43. The van der Waals surface area contributed by atoms with Crippen LogP contribution in [0.4, 0.5) is 13.2 Å². The van der Waals surface area contributed by atoms with Crippen LogP contribution in [0.2, 0.25) is 0 Å². The number of benzene rings is 2. The van der Waals surface area contributed by atoms with E-state index in [0.717, 1.165) is 37.3 Å². The third kappa shape index (κ3) is 5.64. The number of halogens is 3. The summed E-state index contributed by atoms with van der Waals surface area (Å²) < 4.78 is 47.0. The molecule has 2 aromatic rings. The minimum absolute atomic E-state index is 0.277. The van der Waals surface area contributed by atoms with Gasteiger partial charge in [-0.3, -0.25) is 14.5 Å². The third-order valence-corrected chi connectivity index (χ3v) is 7.43. The largest absolute Gasteiger partial charge is 0.427 e. The molecule has 1 N–H and O–H groups in total. The van der Waals surface area contributed by atoms with E-state index in [9.17, 15) is 22.8 Å². The summed E-state index contributed by atoms with van der Waals surface area (Å²) >= 11 is 0. The van der Waals surface area contributed by atoms with Crippen molar-refractivity contribution < 1.29 is 27.5 Å². The molecule has 0 bridgehead atoms. The van der Waals surface area contributed by atoms with Gasteiger partial charge in [0.15, 0.2) is 0 Å². The molecule has 2 aliphatic rings. The van der Waals surface area contributed by atoms with E-state index in [2.05, 4.69) is 5.32 Å². The number of likely N-dealkylation sites (tertiary alicyclic amines) is 1. The summed E-state index contributed by atoms with van der Waals surface area (Å²) in [5.74, 6) is -0.827. The average Bonchev–Trinajstić information content (AvgIpc) is 2.82. The van der Waals surface area contributed by atoms with Crippen LogP contribution >= 0.6 is 0 Å². The van der Waals surface area contributed by atoms with Gasteiger partial charge in [0.1, 0.15) is 11.3 Å². The molecule has 0 radical (unpaired) electrons. The van der Waals surface area contributed by atoms with Crippen LogP contribution < -0.4 is 10.1 Å². The van der Waals surface area contributed by atoms with Crippen LogP contribution in [0.3, 0.4) is 0 Å². The molecule has 1 saturated carbocycles. The van der Waals surface area contributed by atoms with Crippen molar-refractivity contribution in [1.29, 1.82) is 0 Å². The molecule has 1 saturated heterocycles. The van der Waals surface area contributed by atoms with E-state index >= 15 is 0 Å². The molecule has 5 nitrogen and oxygen atoms in total. The summed E-state index contributed by atoms with van der Waals surface area (Å²) in [6.45, 7) is 1.99. The SMILES string of the molecule is CC(=O)Oc1cccc([C@@]23CCCCC2CN(C)[C@H](NC(=O)C(=Cc2ccccc2)C(F)(F)F)C3)c1. The molecule has 1 amide bonds. The van der Waals surface area contributed by atoms with E-state index in [1.54, 1.807) is 24.3 Å². The van der Waals surface area contributed by atoms with Crippen molar-refractivity contribution >= 4 is 18.0 Å². The molecule has 1 heterocycles. The van der Waals surface area contributed by atoms with Crippen LogP contribution in [-0.2, 0) is 15.0 Å². The van der Waals surface area contributed by atoms with Gasteiger partial charge in [0.25, 0.3) is 5.91 Å². The minimum Gasteiger partial charge on any atom is -0.427 e. The molecule has 3 atom stereocenters. The van der Waals surface area contributed by atoms with Crippen molar-refractivity contribution in [2.45, 2.75) is 56.8 Å². The van der Waals surface area contributed by atoms with Crippen molar-refractivity contribution in [3.8, 4) is 5.75 Å². The lowest BCUT2D eigenvalue weighted by Gasteiger charge is -2.53. The first-order valence-electron chi connectivity index (χ1n) is 12.2. The van der Waals surface area contributed by atoms with Gasteiger partial charge in [0.2, 0.25) is 0 Å². The second-order valence-electron chi connectivity index (χ2n) is 9.82. The zero-order valence-electron chi connectivity index (χ0n) is 20.5. The maximum absolute atomic E-state index is 13.9. The molecule has 36 heavy (non-hydrogen) atoms. The van der Waals surface area contributed by atoms with Gasteiger partial charge >= 0.3 is 12.1 Å². The van der Waals surface area contributed by atoms with E-state index in [0.29, 0.717) is 24.3 Å². The number of carbonyl (C=O) groups is 2. The Morgan fingerprint density at radius 3 is 2.56 bits per heavy atom. The number of piperidine rings is 1. The fourth-order valence-electron chi connectivity index (χ4n) is 5.74. The fourth-order valence-corrected chi connectivity index (χ4v) is 5.74. The van der Waals surface area contributed by atoms with Gasteiger partial charge in [-0.25, -0.2) is 0 Å². The van der Waals surface area contributed by atoms with Gasteiger partial charge in [-0.2, -0.15) is 13.2 Å². The molecule has 2 aromatic carbocycles. The Morgan fingerprint density at radius 2 is 1.86 bits per heavy atom. The molecule has 1 unspecified atom stereocenters. The van der Waals surface area contributed by atoms with E-state index < -0.39 is 29.8 Å². The zero-order chi connectivity index (χ0) is 25.9. The highest BCUT2D eigenvalue weighted by Crippen LogP contribution is 2.50. The van der Waals surface area contributed by atoms with Crippen LogP contribution in [0.25, 0.3) is 6.08 Å². The Labute approximate surface area is 209 Å². The van der Waals surface area contributed by atoms with Crippen molar-refractivity contribution in [2.24, 2.45) is 5.92 Å². The van der Waals surface area contributed by atoms with E-state index in [1.165, 1.54) is 19.1 Å². The van der Waals surface area contributed by atoms with Crippen molar-refractivity contribution in [3.63, 3.8) is 0 Å². The molecule has 1 aliphatic carbocycles. The van der Waals surface area contributed by atoms with Gasteiger partial charge in [0.05, 0.1) is 6.17 Å². The average molecular weight is 501 g/mol. The zero-order valence-corrected chi connectivity index (χ0v) is 20.5. The molecular weight excluding hydrogens is 469 g/mol. The number of alkyl halides is 3. The van der Waals surface area contributed by atoms with Crippen molar-refractivity contribution in [2.75, 3.05) is 13.6 Å². The summed E-state index contributed by atoms with van der Waals surface area (Å²) in [6, 6.07) is 15.4. The summed E-state index contributed by atoms with van der Waals surface area (Å²) in [4.78, 5) is 26.4. The first kappa shape index (κ1) is 25.9. The normalized spacial score (nSPS) is 25.1. The Bertz CT molecular complexity index is 1130. The van der Waals surface area contributed by atoms with Crippen LogP contribution in [-0.4, -0.2) is 42.7 Å². The van der Waals surface area contributed by atoms with Crippen LogP contribution in [0, 0.1) is 5.92 Å². The number of hydrogen-bond acceptors (Lipinski definition) is 4. The lowest BCUT2D eigenvalue weighted by Crippen LogP contribution is -2.60. The number of hydrogen-bond donors (Lipinski definition) is 1. The Kier molecular flexibility index (Phi) is 7.54. The quantitative estimate of drug-likeness (QED) is 0.336. The maximum Gasteiger partial charge on any atom is 0.421 e. The molecule has 2 fully saturated rings. The molecule has 0 aromatic heterocycles. The van der Waals surface area contributed by atoms with Crippen LogP contribution in [0.15, 0.2) is 60.2 Å². The lowest BCUT2D eigenvalue weighted by molar-refractivity contribution is -0.134. The van der Waals surface area contributed by atoms with E-state index in [4.69, 9.17) is 4.74 Å². The smallest absolute Gasteiger partial charge is 0.421 e. The minimum atomic E-state index is -4.80. The predicted octanol–water partition coefficient (Wildman–Crippen LogP) is 5.46. The number of esters is 1. The fraction of sp³-hybridized carbons (Fsp3) is 0.429. The van der Waals surface area contributed by atoms with Crippen molar-refractivity contribution in [1.82, 2.24) is 10.2 Å². The predicted molar refractivity (Wildman–Crippen MR) is 131 cm³/mol. The Morgan fingerprint density at radius 1 is 1.11 bits per heavy atom. The van der Waals surface area contributed by atoms with E-state index in [1.807, 2.05) is 30.1 Å². The van der Waals surface area contributed by atoms with Crippen LogP contribution in [0.5, 0.6) is 5.75 Å². The second kappa shape index (κ2) is 10.5. The number of amides is 1. The molecular formula is C28H31F3N2O3. The summed E-state index contributed by atoms with van der Waals surface area (Å²) in [6.07, 6.45) is -0.0982. The molecule has 1 aliphatic heterocycles. The number of nitrogens with zero attached hydrogens (tertiary/aromatic N) is 1. The highest BCUT2D eigenvalue weighted by atomic mass is 19.4. The topological polar surface area (TPSA) is 58.6 Å². The molecule has 8 heteroatoms. The van der Waals surface area contributed by atoms with E-state index in [-0.39, 0.29) is 11.3 Å². The second-order valence-corrected chi connectivity index (χ2v) is 9.82. The van der Waals surface area contributed by atoms with Gasteiger partial charge in [0, 0.05) is 18.9 Å². The Hall–Kier alpha value is -3.13. The monoisotopic (exact) mass is 500 g/mol. The number of carbonyl (C=O) groups excluding carboxylic acids is 2. The number of fused-ring (bicyclic) bond motifs is 1. The van der Waals surface area contributed by atoms with Gasteiger partial charge < -0.3 is 10.1 Å². The summed E-state index contributed by atoms with van der Waals surface area (Å²) in [7, 11) is 1.84. The van der Waals surface area contributed by atoms with Crippen molar-refractivity contribution in [3.05, 3.63) is 71.3 Å². The molecule has 4 rings (SSSR count). The Balaban J connectivity index is 1.63. The molecule has 0 spiro atoms. The summed E-state index contributed by atoms with van der Waals surface area (Å²) in [5, 5.41) is 2.68. The van der Waals surface area contributed by atoms with Gasteiger partial charge in [-0.15, -0.1) is 0 Å². The highest BCUT2D eigenvalue weighted by Gasteiger charge is 2.49. The lowest BCUT2D eigenvalue weighted by atomic mass is 9.58. The number of ether oxygens (including phenoxy) is 1. The van der Waals surface area contributed by atoms with Gasteiger partial charge in [-0.05, 0) is 61.6 Å². The van der Waals surface area contributed by atoms with Crippen LogP contribution in [0.1, 0.15) is 50.2 Å². The maximum atomic E-state index is 13.9. The number of rotatable bonds is 5. The van der Waals surface area contributed by atoms with Gasteiger partial charge in [-0.1, -0.05) is 55.3 Å². The number of nitrogens with one attached hydrogen (secondary N) is 1. The highest BCUT2D eigenvalue weighted by molar-refractivity contribution is 5.99. The molecule has 192 valence electrons.